The van der Waals surface area contributed by atoms with E-state index in [2.05, 4.69) is 22.4 Å². The Hall–Kier alpha value is -1.53. The molecule has 0 unspecified atom stereocenters. The second-order valence-electron chi connectivity index (χ2n) is 8.04. The molecule has 2 atom stereocenters. The van der Waals surface area contributed by atoms with Gasteiger partial charge in [-0.3, -0.25) is 0 Å². The molecule has 0 saturated carbocycles. The molecule has 0 spiro atoms. The van der Waals surface area contributed by atoms with E-state index in [0.29, 0.717) is 24.4 Å². The predicted molar refractivity (Wildman–Crippen MR) is 100.0 cm³/mol. The summed E-state index contributed by atoms with van der Waals surface area (Å²) in [6.45, 7) is 3.90. The van der Waals surface area contributed by atoms with Crippen molar-refractivity contribution in [3.63, 3.8) is 0 Å². The summed E-state index contributed by atoms with van der Waals surface area (Å²) in [5.41, 5.74) is 1.24. The third-order valence-corrected chi connectivity index (χ3v) is 6.32. The topological polar surface area (TPSA) is 24.5 Å². The first-order chi connectivity index (χ1) is 13.0. The second-order valence-corrected chi connectivity index (χ2v) is 8.04. The number of anilines is 1. The van der Waals surface area contributed by atoms with Gasteiger partial charge < -0.3 is 15.0 Å². The highest BCUT2D eigenvalue weighted by molar-refractivity contribution is 5.58. The number of ether oxygens (including phenoxy) is 1. The van der Waals surface area contributed by atoms with E-state index in [1.807, 2.05) is 0 Å². The van der Waals surface area contributed by atoms with Crippen LogP contribution in [0.1, 0.15) is 29.9 Å². The van der Waals surface area contributed by atoms with Crippen LogP contribution in [0.5, 0.6) is 0 Å². The molecule has 2 fully saturated rings. The number of hydrogen-bond acceptors (Lipinski definition) is 3. The lowest BCUT2D eigenvalue weighted by Gasteiger charge is -2.36. The van der Waals surface area contributed by atoms with Crippen molar-refractivity contribution in [3.05, 3.63) is 41.5 Å². The van der Waals surface area contributed by atoms with E-state index in [9.17, 15) is 13.2 Å². The van der Waals surface area contributed by atoms with Crippen LogP contribution in [0.2, 0.25) is 0 Å². The Morgan fingerprint density at radius 1 is 1.15 bits per heavy atom. The number of nitrogens with zero attached hydrogens (tertiary/aromatic N) is 1. The Bertz CT molecular complexity index is 689. The summed E-state index contributed by atoms with van der Waals surface area (Å²) in [4.78, 5) is 2.17. The maximum absolute atomic E-state index is 13.4. The van der Waals surface area contributed by atoms with Crippen molar-refractivity contribution in [2.24, 2.45) is 17.8 Å². The average Bonchev–Trinajstić information content (AvgIpc) is 3.40. The molecule has 1 aromatic carbocycles. The van der Waals surface area contributed by atoms with E-state index >= 15 is 0 Å². The third kappa shape index (κ3) is 4.02. The molecule has 0 bridgehead atoms. The number of halogens is 3. The Morgan fingerprint density at radius 2 is 1.89 bits per heavy atom. The van der Waals surface area contributed by atoms with Gasteiger partial charge in [-0.1, -0.05) is 18.2 Å². The molecule has 148 valence electrons. The lowest BCUT2D eigenvalue weighted by molar-refractivity contribution is -0.137. The van der Waals surface area contributed by atoms with Crippen molar-refractivity contribution in [2.75, 3.05) is 44.8 Å². The summed E-state index contributed by atoms with van der Waals surface area (Å²) in [5, 5.41) is 3.38. The highest BCUT2D eigenvalue weighted by atomic mass is 19.4. The molecule has 1 N–H and O–H groups in total. The highest BCUT2D eigenvalue weighted by Crippen LogP contribution is 2.41. The standard InChI is InChI=1S/C21H27F3N2O/c1-27-13-16-11-25-12-19(16)18-5-4-17(21(22,23)24)10-20(18)26-8-6-15(7-9-26)14-2-3-14/h2-5,10,14-16,19,25H,6-9,11-13H2,1H3/t16-,19+/m1/s1. The van der Waals surface area contributed by atoms with Gasteiger partial charge in [0, 0.05) is 50.8 Å². The van der Waals surface area contributed by atoms with Gasteiger partial charge in [0.2, 0.25) is 0 Å². The van der Waals surface area contributed by atoms with E-state index in [4.69, 9.17) is 4.74 Å². The van der Waals surface area contributed by atoms with E-state index in [1.54, 1.807) is 13.2 Å². The molecule has 1 aliphatic carbocycles. The Morgan fingerprint density at radius 3 is 2.52 bits per heavy atom. The molecule has 6 heteroatoms. The number of hydrogen-bond donors (Lipinski definition) is 1. The van der Waals surface area contributed by atoms with E-state index in [1.165, 1.54) is 12.1 Å². The van der Waals surface area contributed by atoms with Gasteiger partial charge >= 0.3 is 6.18 Å². The summed E-state index contributed by atoms with van der Waals surface area (Å²) in [5.74, 6) is 1.76. The molecule has 3 aliphatic rings. The largest absolute Gasteiger partial charge is 0.416 e. The first-order valence-corrected chi connectivity index (χ1v) is 9.81. The molecule has 0 amide bonds. The molecule has 2 saturated heterocycles. The number of nitrogens with one attached hydrogen (secondary N) is 1. The Kier molecular flexibility index (Phi) is 5.21. The van der Waals surface area contributed by atoms with E-state index < -0.39 is 11.7 Å². The van der Waals surface area contributed by atoms with Crippen LogP contribution in [0.4, 0.5) is 18.9 Å². The average molecular weight is 380 g/mol. The number of piperidine rings is 1. The lowest BCUT2D eigenvalue weighted by atomic mass is 9.85. The Balaban J connectivity index is 1.62. The van der Waals surface area contributed by atoms with Gasteiger partial charge in [-0.2, -0.15) is 13.2 Å². The predicted octanol–water partition coefficient (Wildman–Crippen LogP) is 4.06. The molecule has 1 aromatic rings. The van der Waals surface area contributed by atoms with Gasteiger partial charge in [0.05, 0.1) is 12.2 Å². The number of allylic oxidation sites excluding steroid dienone is 2. The first kappa shape index (κ1) is 18.8. The number of methoxy groups -OCH3 is 1. The molecule has 2 aliphatic heterocycles. The fourth-order valence-corrected chi connectivity index (χ4v) is 4.70. The minimum atomic E-state index is -4.32. The van der Waals surface area contributed by atoms with Crippen molar-refractivity contribution in [3.8, 4) is 0 Å². The van der Waals surface area contributed by atoms with Crippen molar-refractivity contribution >= 4 is 5.69 Å². The van der Waals surface area contributed by atoms with Crippen molar-refractivity contribution in [1.82, 2.24) is 5.32 Å². The minimum absolute atomic E-state index is 0.185. The third-order valence-electron chi connectivity index (χ3n) is 6.32. The zero-order valence-electron chi connectivity index (χ0n) is 15.6. The van der Waals surface area contributed by atoms with Gasteiger partial charge in [-0.05, 0) is 42.4 Å². The fourth-order valence-electron chi connectivity index (χ4n) is 4.70. The number of alkyl halides is 3. The van der Waals surface area contributed by atoms with Gasteiger partial charge in [0.15, 0.2) is 0 Å². The molecule has 0 radical (unpaired) electrons. The summed E-state index contributed by atoms with van der Waals surface area (Å²) >= 11 is 0. The summed E-state index contributed by atoms with van der Waals surface area (Å²) < 4.78 is 45.4. The molecule has 3 nitrogen and oxygen atoms in total. The molecule has 27 heavy (non-hydrogen) atoms. The monoisotopic (exact) mass is 380 g/mol. The maximum Gasteiger partial charge on any atom is 0.416 e. The number of rotatable bonds is 5. The van der Waals surface area contributed by atoms with Gasteiger partial charge in [-0.15, -0.1) is 0 Å². The number of benzene rings is 1. The molecular weight excluding hydrogens is 353 g/mol. The van der Waals surface area contributed by atoms with Crippen LogP contribution < -0.4 is 10.2 Å². The van der Waals surface area contributed by atoms with Gasteiger partial charge in [0.1, 0.15) is 0 Å². The molecular formula is C21H27F3N2O. The first-order valence-electron chi connectivity index (χ1n) is 9.81. The van der Waals surface area contributed by atoms with E-state index in [-0.39, 0.29) is 5.92 Å². The van der Waals surface area contributed by atoms with Gasteiger partial charge in [0.25, 0.3) is 0 Å². The van der Waals surface area contributed by atoms with Crippen LogP contribution in [0, 0.1) is 17.8 Å². The quantitative estimate of drug-likeness (QED) is 0.780. The van der Waals surface area contributed by atoms with Gasteiger partial charge in [-0.25, -0.2) is 0 Å². The second kappa shape index (κ2) is 7.47. The van der Waals surface area contributed by atoms with Crippen molar-refractivity contribution in [1.29, 1.82) is 0 Å². The van der Waals surface area contributed by atoms with Crippen LogP contribution in [-0.4, -0.2) is 39.9 Å². The van der Waals surface area contributed by atoms with Crippen LogP contribution in [0.25, 0.3) is 0 Å². The molecule has 2 heterocycles. The van der Waals surface area contributed by atoms with Crippen molar-refractivity contribution in [2.45, 2.75) is 24.9 Å². The normalized spacial score (nSPS) is 26.7. The fraction of sp³-hybridized carbons (Fsp3) is 0.619. The van der Waals surface area contributed by atoms with Crippen LogP contribution in [0.15, 0.2) is 30.4 Å². The van der Waals surface area contributed by atoms with Crippen molar-refractivity contribution < 1.29 is 17.9 Å². The van der Waals surface area contributed by atoms with Crippen LogP contribution in [-0.2, 0) is 10.9 Å². The van der Waals surface area contributed by atoms with Crippen LogP contribution >= 0.6 is 0 Å². The van der Waals surface area contributed by atoms with Crippen LogP contribution in [0.3, 0.4) is 0 Å². The summed E-state index contributed by atoms with van der Waals surface area (Å²) in [7, 11) is 1.68. The summed E-state index contributed by atoms with van der Waals surface area (Å²) in [6.07, 6.45) is 2.23. The Labute approximate surface area is 158 Å². The minimum Gasteiger partial charge on any atom is -0.384 e. The SMILES string of the molecule is COC[C@H]1CNC[C@@H]1c1ccc(C(F)(F)F)cc1N1CCC(C2C=C2)CC1. The lowest BCUT2D eigenvalue weighted by Crippen LogP contribution is -2.35. The summed E-state index contributed by atoms with van der Waals surface area (Å²) in [6, 6.07) is 4.31. The highest BCUT2D eigenvalue weighted by Gasteiger charge is 2.36. The zero-order valence-corrected chi connectivity index (χ0v) is 15.6. The smallest absolute Gasteiger partial charge is 0.384 e. The zero-order chi connectivity index (χ0) is 19.0. The molecule has 0 aromatic heterocycles. The van der Waals surface area contributed by atoms with E-state index in [0.717, 1.165) is 50.3 Å². The maximum atomic E-state index is 13.4. The molecule has 4 rings (SSSR count).